The first-order valence-electron chi connectivity index (χ1n) is 7.65. The Morgan fingerprint density at radius 2 is 1.74 bits per heavy atom. The lowest BCUT2D eigenvalue weighted by Crippen LogP contribution is -2.35. The lowest BCUT2D eigenvalue weighted by atomic mass is 9.98. The van der Waals surface area contributed by atoms with E-state index in [1.165, 1.54) is 22.3 Å². The number of alkyl carbamates (subject to hydrolysis) is 1. The van der Waals surface area contributed by atoms with E-state index in [0.29, 0.717) is 6.61 Å². The van der Waals surface area contributed by atoms with E-state index >= 15 is 0 Å². The molecule has 0 fully saturated rings. The standard InChI is InChI=1S/C19H18N2O2/c1-13(11-20-2)21-19(22)23-12-18-16-9-5-3-7-14(16)15-8-4-6-10-17(15)18/h3-10,13,18H,11-12H2,1H3,(H,21,22)/t13-/m0/s1. The minimum absolute atomic E-state index is 0.0596. The van der Waals surface area contributed by atoms with Crippen LogP contribution in [0.5, 0.6) is 0 Å². The Morgan fingerprint density at radius 1 is 1.17 bits per heavy atom. The highest BCUT2D eigenvalue weighted by Gasteiger charge is 2.29. The number of rotatable bonds is 4. The van der Waals surface area contributed by atoms with Gasteiger partial charge in [0.1, 0.15) is 12.6 Å². The molecule has 1 aliphatic carbocycles. The molecule has 0 unspecified atom stereocenters. The van der Waals surface area contributed by atoms with Gasteiger partial charge in [-0.05, 0) is 29.2 Å². The zero-order chi connectivity index (χ0) is 16.2. The maximum absolute atomic E-state index is 11.9. The van der Waals surface area contributed by atoms with Crippen molar-refractivity contribution in [2.24, 2.45) is 0 Å². The monoisotopic (exact) mass is 306 g/mol. The Labute approximate surface area is 135 Å². The van der Waals surface area contributed by atoms with Crippen LogP contribution in [0.3, 0.4) is 0 Å². The van der Waals surface area contributed by atoms with Crippen LogP contribution in [0.4, 0.5) is 4.79 Å². The normalized spacial score (nSPS) is 13.6. The number of carbonyl (C=O) groups excluding carboxylic acids is 1. The maximum atomic E-state index is 11.9. The second-order valence-corrected chi connectivity index (χ2v) is 5.71. The fourth-order valence-electron chi connectivity index (χ4n) is 3.02. The second-order valence-electron chi connectivity index (χ2n) is 5.71. The summed E-state index contributed by atoms with van der Waals surface area (Å²) in [5.74, 6) is 0.0596. The van der Waals surface area contributed by atoms with Crippen LogP contribution in [-0.2, 0) is 4.74 Å². The van der Waals surface area contributed by atoms with Crippen molar-refractivity contribution in [1.29, 1.82) is 0 Å². The Hall–Kier alpha value is -2.80. The molecule has 0 heterocycles. The zero-order valence-electron chi connectivity index (χ0n) is 13.0. The van der Waals surface area contributed by atoms with Crippen LogP contribution in [0.2, 0.25) is 0 Å². The first-order chi connectivity index (χ1) is 11.2. The van der Waals surface area contributed by atoms with Crippen molar-refractivity contribution in [3.05, 3.63) is 71.1 Å². The van der Waals surface area contributed by atoms with Gasteiger partial charge in [-0.1, -0.05) is 48.5 Å². The number of fused-ring (bicyclic) bond motifs is 3. The van der Waals surface area contributed by atoms with Crippen molar-refractivity contribution >= 4 is 6.09 Å². The highest BCUT2D eigenvalue weighted by molar-refractivity contribution is 5.79. The summed E-state index contributed by atoms with van der Waals surface area (Å²) in [5.41, 5.74) is 4.79. The topological polar surface area (TPSA) is 42.7 Å². The lowest BCUT2D eigenvalue weighted by Gasteiger charge is -2.15. The van der Waals surface area contributed by atoms with Crippen molar-refractivity contribution in [2.45, 2.75) is 18.9 Å². The van der Waals surface area contributed by atoms with Crippen molar-refractivity contribution in [3.8, 4) is 11.1 Å². The third-order valence-corrected chi connectivity index (χ3v) is 4.07. The molecule has 0 aromatic heterocycles. The smallest absolute Gasteiger partial charge is 0.407 e. The zero-order valence-corrected chi connectivity index (χ0v) is 13.0. The average Bonchev–Trinajstić information content (AvgIpc) is 2.87. The van der Waals surface area contributed by atoms with E-state index < -0.39 is 6.09 Å². The summed E-state index contributed by atoms with van der Waals surface area (Å²) in [6, 6.07) is 16.2. The van der Waals surface area contributed by atoms with Gasteiger partial charge in [0, 0.05) is 5.92 Å². The molecule has 0 spiro atoms. The van der Waals surface area contributed by atoms with Gasteiger partial charge < -0.3 is 14.9 Å². The maximum Gasteiger partial charge on any atom is 0.407 e. The first-order valence-corrected chi connectivity index (χ1v) is 7.65. The molecule has 4 nitrogen and oxygen atoms in total. The number of benzene rings is 2. The van der Waals surface area contributed by atoms with Gasteiger partial charge in [0.15, 0.2) is 0 Å². The van der Waals surface area contributed by atoms with Gasteiger partial charge in [0.2, 0.25) is 6.54 Å². The van der Waals surface area contributed by atoms with Gasteiger partial charge in [-0.3, -0.25) is 0 Å². The minimum Gasteiger partial charge on any atom is -0.449 e. The van der Waals surface area contributed by atoms with E-state index in [-0.39, 0.29) is 18.5 Å². The SMILES string of the molecule is [C-]#[N+]C[C@H](C)NC(=O)OCC1c2ccccc2-c2ccccc21. The molecular formula is C19H18N2O2. The van der Waals surface area contributed by atoms with Crippen LogP contribution in [0, 0.1) is 6.57 Å². The molecule has 1 amide bonds. The molecular weight excluding hydrogens is 288 g/mol. The Bertz CT molecular complexity index is 718. The molecule has 2 aromatic rings. The van der Waals surface area contributed by atoms with Crippen molar-refractivity contribution in [2.75, 3.05) is 13.2 Å². The molecule has 116 valence electrons. The predicted octanol–water partition coefficient (Wildman–Crippen LogP) is 3.83. The van der Waals surface area contributed by atoms with Gasteiger partial charge >= 0.3 is 6.09 Å². The highest BCUT2D eigenvalue weighted by Crippen LogP contribution is 2.44. The lowest BCUT2D eigenvalue weighted by molar-refractivity contribution is 0.140. The predicted molar refractivity (Wildman–Crippen MR) is 89.1 cm³/mol. The van der Waals surface area contributed by atoms with Crippen LogP contribution in [0.1, 0.15) is 24.0 Å². The second kappa shape index (κ2) is 6.53. The molecule has 2 aromatic carbocycles. The Balaban J connectivity index is 1.74. The highest BCUT2D eigenvalue weighted by atomic mass is 16.5. The number of carbonyl (C=O) groups is 1. The van der Waals surface area contributed by atoms with E-state index in [1.807, 2.05) is 24.3 Å². The summed E-state index contributed by atoms with van der Waals surface area (Å²) in [6.45, 7) is 9.15. The fourth-order valence-corrected chi connectivity index (χ4v) is 3.02. The van der Waals surface area contributed by atoms with E-state index in [1.54, 1.807) is 6.92 Å². The van der Waals surface area contributed by atoms with Crippen LogP contribution in [0.25, 0.3) is 16.0 Å². The Morgan fingerprint density at radius 3 is 2.30 bits per heavy atom. The summed E-state index contributed by atoms with van der Waals surface area (Å²) in [7, 11) is 0. The van der Waals surface area contributed by atoms with E-state index in [0.717, 1.165) is 0 Å². The van der Waals surface area contributed by atoms with E-state index in [4.69, 9.17) is 11.3 Å². The third-order valence-electron chi connectivity index (χ3n) is 4.07. The molecule has 0 saturated heterocycles. The number of hydrogen-bond acceptors (Lipinski definition) is 2. The van der Waals surface area contributed by atoms with Gasteiger partial charge in [-0.2, -0.15) is 0 Å². The molecule has 0 aliphatic heterocycles. The van der Waals surface area contributed by atoms with E-state index in [9.17, 15) is 4.79 Å². The summed E-state index contributed by atoms with van der Waals surface area (Å²) < 4.78 is 5.40. The molecule has 1 N–H and O–H groups in total. The first kappa shape index (κ1) is 15.1. The summed E-state index contributed by atoms with van der Waals surface area (Å²) in [4.78, 5) is 15.1. The Kier molecular flexibility index (Phi) is 4.29. The van der Waals surface area contributed by atoms with Crippen molar-refractivity contribution in [1.82, 2.24) is 5.32 Å². The molecule has 23 heavy (non-hydrogen) atoms. The van der Waals surface area contributed by atoms with E-state index in [2.05, 4.69) is 34.4 Å². The minimum atomic E-state index is -0.469. The summed E-state index contributed by atoms with van der Waals surface area (Å²) in [5, 5.41) is 2.68. The molecule has 1 atom stereocenters. The molecule has 4 heteroatoms. The number of nitrogens with zero attached hydrogens (tertiary/aromatic N) is 1. The fraction of sp³-hybridized carbons (Fsp3) is 0.263. The van der Waals surface area contributed by atoms with Crippen LogP contribution >= 0.6 is 0 Å². The van der Waals surface area contributed by atoms with Crippen LogP contribution < -0.4 is 5.32 Å². The molecule has 0 saturated carbocycles. The number of ether oxygens (including phenoxy) is 1. The number of amides is 1. The van der Waals surface area contributed by atoms with Crippen LogP contribution in [-0.4, -0.2) is 25.3 Å². The van der Waals surface area contributed by atoms with Crippen LogP contribution in [0.15, 0.2) is 48.5 Å². The van der Waals surface area contributed by atoms with Gasteiger partial charge in [0.25, 0.3) is 0 Å². The van der Waals surface area contributed by atoms with Gasteiger partial charge in [0.05, 0.1) is 0 Å². The molecule has 0 radical (unpaired) electrons. The van der Waals surface area contributed by atoms with Gasteiger partial charge in [-0.15, -0.1) is 0 Å². The van der Waals surface area contributed by atoms with Crippen molar-refractivity contribution in [3.63, 3.8) is 0 Å². The number of nitrogens with one attached hydrogen (secondary N) is 1. The number of hydrogen-bond donors (Lipinski definition) is 1. The molecule has 0 bridgehead atoms. The largest absolute Gasteiger partial charge is 0.449 e. The molecule has 3 rings (SSSR count). The molecule has 1 aliphatic rings. The summed E-state index contributed by atoms with van der Waals surface area (Å²) in [6.07, 6.45) is -0.469. The average molecular weight is 306 g/mol. The van der Waals surface area contributed by atoms with Crippen molar-refractivity contribution < 1.29 is 9.53 Å². The third kappa shape index (κ3) is 3.04. The summed E-state index contributed by atoms with van der Waals surface area (Å²) >= 11 is 0. The van der Waals surface area contributed by atoms with Gasteiger partial charge in [-0.25, -0.2) is 11.4 Å². The quantitative estimate of drug-likeness (QED) is 0.872.